The lowest BCUT2D eigenvalue weighted by Crippen LogP contribution is -2.45. The third-order valence-electron chi connectivity index (χ3n) is 5.27. The number of benzene rings is 2. The van der Waals surface area contributed by atoms with Gasteiger partial charge in [0.25, 0.3) is 0 Å². The molecule has 0 saturated carbocycles. The van der Waals surface area contributed by atoms with Crippen LogP contribution in [-0.2, 0) is 16.4 Å². The predicted octanol–water partition coefficient (Wildman–Crippen LogP) is 3.18. The van der Waals surface area contributed by atoms with E-state index >= 15 is 0 Å². The van der Waals surface area contributed by atoms with E-state index in [1.807, 2.05) is 6.07 Å². The smallest absolute Gasteiger partial charge is 0.417 e. The van der Waals surface area contributed by atoms with E-state index in [0.29, 0.717) is 11.6 Å². The van der Waals surface area contributed by atoms with Gasteiger partial charge in [0.2, 0.25) is 5.91 Å². The zero-order valence-electron chi connectivity index (χ0n) is 18.6. The number of pyridine rings is 1. The SMILES string of the molecule is C[C@](COc1ccc(C#N)cc1)(C(=O)Nc1ccc(C#N)c(C(F)(F)F)c1)c1ncccc1C(=O)[O-]. The van der Waals surface area contributed by atoms with Crippen molar-refractivity contribution < 1.29 is 32.6 Å². The summed E-state index contributed by atoms with van der Waals surface area (Å²) in [4.78, 5) is 29.2. The number of nitrogens with one attached hydrogen (secondary N) is 1. The van der Waals surface area contributed by atoms with Crippen LogP contribution < -0.4 is 15.2 Å². The second-order valence-corrected chi connectivity index (χ2v) is 7.77. The van der Waals surface area contributed by atoms with Gasteiger partial charge in [-0.15, -0.1) is 0 Å². The largest absolute Gasteiger partial charge is 0.545 e. The van der Waals surface area contributed by atoms with E-state index in [2.05, 4.69) is 10.3 Å². The van der Waals surface area contributed by atoms with Gasteiger partial charge in [0, 0.05) is 17.4 Å². The number of carboxylic acid groups (broad SMARTS) is 1. The quantitative estimate of drug-likeness (QED) is 0.533. The molecule has 36 heavy (non-hydrogen) atoms. The van der Waals surface area contributed by atoms with Crippen LogP contribution in [0.5, 0.6) is 5.75 Å². The Hall–Kier alpha value is -4.90. The molecule has 0 radical (unpaired) electrons. The fraction of sp³-hybridized carbons (Fsp3) is 0.160. The first-order valence-corrected chi connectivity index (χ1v) is 10.2. The Morgan fingerprint density at radius 1 is 1.08 bits per heavy atom. The highest BCUT2D eigenvalue weighted by molar-refractivity contribution is 6.01. The molecule has 182 valence electrons. The molecule has 1 aromatic heterocycles. The lowest BCUT2D eigenvalue weighted by atomic mass is 9.83. The van der Waals surface area contributed by atoms with Crippen LogP contribution in [-0.4, -0.2) is 23.5 Å². The molecule has 1 amide bonds. The second-order valence-electron chi connectivity index (χ2n) is 7.77. The molecule has 0 saturated heterocycles. The molecule has 11 heteroatoms. The molecule has 1 heterocycles. The van der Waals surface area contributed by atoms with Crippen molar-refractivity contribution in [3.63, 3.8) is 0 Å². The maximum Gasteiger partial charge on any atom is 0.417 e. The summed E-state index contributed by atoms with van der Waals surface area (Å²) in [6.07, 6.45) is -3.60. The standard InChI is InChI=1S/C25H17F3N4O4/c1-24(21-19(22(33)34)3-2-10-31-21,14-36-18-8-4-15(12-29)5-9-18)23(35)32-17-7-6-16(13-30)20(11-17)25(26,27)28/h2-11H,14H2,1H3,(H,32,35)(H,33,34)/p-1/t24-/m1/s1. The number of carboxylic acids is 1. The normalized spacial score (nSPS) is 12.5. The van der Waals surface area contributed by atoms with Crippen LogP contribution in [0.1, 0.15) is 39.7 Å². The van der Waals surface area contributed by atoms with Gasteiger partial charge in [-0.25, -0.2) is 0 Å². The van der Waals surface area contributed by atoms with E-state index < -0.39 is 46.8 Å². The van der Waals surface area contributed by atoms with Gasteiger partial charge in [-0.1, -0.05) is 0 Å². The minimum Gasteiger partial charge on any atom is -0.545 e. The maximum atomic E-state index is 13.4. The van der Waals surface area contributed by atoms with Gasteiger partial charge < -0.3 is 20.0 Å². The first-order chi connectivity index (χ1) is 17.0. The maximum absolute atomic E-state index is 13.4. The van der Waals surface area contributed by atoms with Crippen molar-refractivity contribution in [1.29, 1.82) is 10.5 Å². The molecule has 0 fully saturated rings. The number of alkyl halides is 3. The van der Waals surface area contributed by atoms with Gasteiger partial charge in [-0.2, -0.15) is 23.7 Å². The van der Waals surface area contributed by atoms with Gasteiger partial charge in [-0.05, 0) is 61.5 Å². The average Bonchev–Trinajstić information content (AvgIpc) is 2.86. The van der Waals surface area contributed by atoms with Crippen molar-refractivity contribution in [3.8, 4) is 17.9 Å². The number of hydrogen-bond donors (Lipinski definition) is 1. The molecule has 3 aromatic rings. The molecule has 1 atom stereocenters. The van der Waals surface area contributed by atoms with Gasteiger partial charge in [0.1, 0.15) is 17.8 Å². The number of ether oxygens (including phenoxy) is 1. The van der Waals surface area contributed by atoms with Crippen LogP contribution in [0.15, 0.2) is 60.8 Å². The van der Waals surface area contributed by atoms with Gasteiger partial charge in [0.05, 0.1) is 40.5 Å². The van der Waals surface area contributed by atoms with E-state index in [4.69, 9.17) is 15.3 Å². The van der Waals surface area contributed by atoms with E-state index in [0.717, 1.165) is 12.1 Å². The number of carbonyl (C=O) groups is 2. The van der Waals surface area contributed by atoms with E-state index in [1.54, 1.807) is 0 Å². The third kappa shape index (κ3) is 5.42. The Bertz CT molecular complexity index is 1390. The molecule has 0 spiro atoms. The predicted molar refractivity (Wildman–Crippen MR) is 117 cm³/mol. The van der Waals surface area contributed by atoms with Crippen LogP contribution in [0.25, 0.3) is 0 Å². The number of hydrogen-bond acceptors (Lipinski definition) is 7. The van der Waals surface area contributed by atoms with Crippen LogP contribution in [0.2, 0.25) is 0 Å². The minimum absolute atomic E-state index is 0.235. The van der Waals surface area contributed by atoms with Crippen LogP contribution in [0.3, 0.4) is 0 Å². The van der Waals surface area contributed by atoms with Crippen molar-refractivity contribution in [2.24, 2.45) is 0 Å². The number of carbonyl (C=O) groups excluding carboxylic acids is 2. The van der Waals surface area contributed by atoms with Gasteiger partial charge in [-0.3, -0.25) is 9.78 Å². The Morgan fingerprint density at radius 3 is 2.36 bits per heavy atom. The third-order valence-corrected chi connectivity index (χ3v) is 5.27. The Kier molecular flexibility index (Phi) is 7.25. The number of halogens is 3. The summed E-state index contributed by atoms with van der Waals surface area (Å²) < 4.78 is 45.8. The monoisotopic (exact) mass is 493 g/mol. The van der Waals surface area contributed by atoms with Crippen molar-refractivity contribution in [1.82, 2.24) is 4.98 Å². The number of aromatic nitrogens is 1. The number of amides is 1. The number of aromatic carboxylic acids is 1. The van der Waals surface area contributed by atoms with Crippen molar-refractivity contribution in [2.75, 3.05) is 11.9 Å². The van der Waals surface area contributed by atoms with Crippen molar-refractivity contribution >= 4 is 17.6 Å². The fourth-order valence-electron chi connectivity index (χ4n) is 3.33. The molecule has 0 aliphatic carbocycles. The average molecular weight is 493 g/mol. The van der Waals surface area contributed by atoms with Crippen LogP contribution in [0, 0.1) is 22.7 Å². The number of nitriles is 2. The number of anilines is 1. The summed E-state index contributed by atoms with van der Waals surface area (Å²) in [5.74, 6) is -2.29. The minimum atomic E-state index is -4.85. The van der Waals surface area contributed by atoms with Crippen LogP contribution >= 0.6 is 0 Å². The molecule has 0 unspecified atom stereocenters. The molecule has 8 nitrogen and oxygen atoms in total. The molecular formula is C25H16F3N4O4-. The van der Waals surface area contributed by atoms with Gasteiger partial charge >= 0.3 is 6.18 Å². The fourth-order valence-corrected chi connectivity index (χ4v) is 3.33. The number of nitrogens with zero attached hydrogens (tertiary/aromatic N) is 3. The van der Waals surface area contributed by atoms with E-state index in [-0.39, 0.29) is 17.1 Å². The lowest BCUT2D eigenvalue weighted by Gasteiger charge is -2.30. The summed E-state index contributed by atoms with van der Waals surface area (Å²) in [7, 11) is 0. The highest BCUT2D eigenvalue weighted by atomic mass is 19.4. The van der Waals surface area contributed by atoms with Gasteiger partial charge in [0.15, 0.2) is 0 Å². The molecule has 2 aromatic carbocycles. The molecular weight excluding hydrogens is 477 g/mol. The molecule has 0 aliphatic rings. The molecule has 1 N–H and O–H groups in total. The lowest BCUT2D eigenvalue weighted by molar-refractivity contribution is -0.255. The molecule has 0 aliphatic heterocycles. The zero-order chi connectivity index (χ0) is 26.5. The van der Waals surface area contributed by atoms with E-state index in [9.17, 15) is 27.9 Å². The Balaban J connectivity index is 2.02. The van der Waals surface area contributed by atoms with E-state index in [1.165, 1.54) is 55.6 Å². The summed E-state index contributed by atoms with van der Waals surface area (Å²) in [5.41, 5.74) is -4.26. The highest BCUT2D eigenvalue weighted by Gasteiger charge is 2.41. The topological polar surface area (TPSA) is 139 Å². The first-order valence-electron chi connectivity index (χ1n) is 10.2. The highest BCUT2D eigenvalue weighted by Crippen LogP contribution is 2.34. The summed E-state index contributed by atoms with van der Waals surface area (Å²) in [5, 5.41) is 32.0. The first kappa shape index (κ1) is 25.7. The summed E-state index contributed by atoms with van der Waals surface area (Å²) >= 11 is 0. The van der Waals surface area contributed by atoms with Crippen molar-refractivity contribution in [2.45, 2.75) is 18.5 Å². The molecule has 3 rings (SSSR count). The van der Waals surface area contributed by atoms with Crippen molar-refractivity contribution in [3.05, 3.63) is 88.7 Å². The Labute approximate surface area is 203 Å². The second kappa shape index (κ2) is 10.2. The zero-order valence-corrected chi connectivity index (χ0v) is 18.6. The molecule has 0 bridgehead atoms. The summed E-state index contributed by atoms with van der Waals surface area (Å²) in [6, 6.07) is 14.4. The summed E-state index contributed by atoms with van der Waals surface area (Å²) in [6.45, 7) is 0.847. The Morgan fingerprint density at radius 2 is 1.78 bits per heavy atom. The number of rotatable bonds is 7. The van der Waals surface area contributed by atoms with Crippen LogP contribution in [0.4, 0.5) is 18.9 Å².